The maximum Gasteiger partial charge on any atom is -0.0142 e. The van der Waals surface area contributed by atoms with Gasteiger partial charge in [-0.3, -0.25) is 0 Å². The van der Waals surface area contributed by atoms with Gasteiger partial charge in [0.15, 0.2) is 0 Å². The molecule has 0 aromatic rings. The van der Waals surface area contributed by atoms with Crippen molar-refractivity contribution >= 4 is 0 Å². The highest BCUT2D eigenvalue weighted by Crippen LogP contribution is 2.10. The molecule has 0 saturated heterocycles. The molecule has 0 nitrogen and oxygen atoms in total. The van der Waals surface area contributed by atoms with E-state index in [9.17, 15) is 0 Å². The van der Waals surface area contributed by atoms with Gasteiger partial charge in [0.05, 0.1) is 0 Å². The number of rotatable bonds is 4. The molecule has 0 heteroatoms. The van der Waals surface area contributed by atoms with Crippen LogP contribution in [0.15, 0.2) is 12.7 Å². The van der Waals surface area contributed by atoms with Gasteiger partial charge in [-0.05, 0) is 12.3 Å². The lowest BCUT2D eigenvalue weighted by Crippen LogP contribution is -1.93. The standard InChI is InChI=1S/C8H15/c1-4-7-8(5-2)6-3/h4,7-8H,1,5-6H2,2-3H3. The van der Waals surface area contributed by atoms with E-state index < -0.39 is 0 Å². The van der Waals surface area contributed by atoms with Crippen LogP contribution in [0, 0.1) is 12.3 Å². The minimum Gasteiger partial charge on any atom is -0.103 e. The van der Waals surface area contributed by atoms with Crippen LogP contribution in [0.5, 0.6) is 0 Å². The Morgan fingerprint density at radius 2 is 1.88 bits per heavy atom. The second-order valence-electron chi connectivity index (χ2n) is 2.00. The number of hydrogen-bond donors (Lipinski definition) is 0. The van der Waals surface area contributed by atoms with E-state index in [0.29, 0.717) is 0 Å². The van der Waals surface area contributed by atoms with Crippen LogP contribution < -0.4 is 0 Å². The fourth-order valence-electron chi connectivity index (χ4n) is 0.753. The molecule has 0 aliphatic rings. The molecular formula is C8H15. The summed E-state index contributed by atoms with van der Waals surface area (Å²) in [5, 5.41) is 0. The molecule has 0 bridgehead atoms. The summed E-state index contributed by atoms with van der Waals surface area (Å²) in [4.78, 5) is 0. The van der Waals surface area contributed by atoms with Gasteiger partial charge < -0.3 is 0 Å². The SMILES string of the molecule is C=C[CH]C(CC)CC. The third kappa shape index (κ3) is 2.84. The van der Waals surface area contributed by atoms with E-state index in [0.717, 1.165) is 5.92 Å². The molecule has 0 aromatic carbocycles. The summed E-state index contributed by atoms with van der Waals surface area (Å²) < 4.78 is 0. The van der Waals surface area contributed by atoms with Crippen molar-refractivity contribution < 1.29 is 0 Å². The second-order valence-corrected chi connectivity index (χ2v) is 2.00. The molecule has 0 heterocycles. The smallest absolute Gasteiger partial charge is 0.0142 e. The second kappa shape index (κ2) is 4.89. The monoisotopic (exact) mass is 111 g/mol. The Bertz CT molecular complexity index is 51.1. The molecule has 47 valence electrons. The molecule has 0 unspecified atom stereocenters. The van der Waals surface area contributed by atoms with Gasteiger partial charge in [0.1, 0.15) is 0 Å². The molecular weight excluding hydrogens is 96.1 g/mol. The predicted octanol–water partition coefficient (Wildman–Crippen LogP) is 2.81. The summed E-state index contributed by atoms with van der Waals surface area (Å²) in [7, 11) is 0. The average molecular weight is 111 g/mol. The van der Waals surface area contributed by atoms with Crippen molar-refractivity contribution in [3.05, 3.63) is 19.1 Å². The van der Waals surface area contributed by atoms with E-state index in [1.807, 2.05) is 6.08 Å². The van der Waals surface area contributed by atoms with Gasteiger partial charge in [-0.15, -0.1) is 6.58 Å². The normalized spacial score (nSPS) is 9.88. The first-order valence-electron chi connectivity index (χ1n) is 3.31. The Hall–Kier alpha value is -0.260. The van der Waals surface area contributed by atoms with Crippen LogP contribution >= 0.6 is 0 Å². The molecule has 1 radical (unpaired) electrons. The molecule has 0 fully saturated rings. The van der Waals surface area contributed by atoms with Crippen molar-refractivity contribution in [2.24, 2.45) is 5.92 Å². The largest absolute Gasteiger partial charge is 0.103 e. The lowest BCUT2D eigenvalue weighted by molar-refractivity contribution is 0.578. The molecule has 0 N–H and O–H groups in total. The molecule has 0 atom stereocenters. The topological polar surface area (TPSA) is 0 Å². The van der Waals surface area contributed by atoms with Gasteiger partial charge >= 0.3 is 0 Å². The van der Waals surface area contributed by atoms with Crippen molar-refractivity contribution in [1.29, 1.82) is 0 Å². The van der Waals surface area contributed by atoms with Gasteiger partial charge in [0.25, 0.3) is 0 Å². The van der Waals surface area contributed by atoms with E-state index in [2.05, 4.69) is 26.8 Å². The van der Waals surface area contributed by atoms with Crippen LogP contribution in [0.2, 0.25) is 0 Å². The summed E-state index contributed by atoms with van der Waals surface area (Å²) in [6.45, 7) is 8.05. The van der Waals surface area contributed by atoms with E-state index in [1.54, 1.807) is 0 Å². The minimum atomic E-state index is 0.757. The van der Waals surface area contributed by atoms with Crippen molar-refractivity contribution in [3.8, 4) is 0 Å². The maximum absolute atomic E-state index is 3.64. The van der Waals surface area contributed by atoms with Gasteiger partial charge in [0, 0.05) is 0 Å². The average Bonchev–Trinajstić information content (AvgIpc) is 1.83. The molecule has 0 rings (SSSR count). The van der Waals surface area contributed by atoms with Gasteiger partial charge in [-0.25, -0.2) is 0 Å². The van der Waals surface area contributed by atoms with Gasteiger partial charge in [-0.1, -0.05) is 32.8 Å². The Labute approximate surface area is 52.6 Å². The maximum atomic E-state index is 3.64. The summed E-state index contributed by atoms with van der Waals surface area (Å²) >= 11 is 0. The molecule has 0 spiro atoms. The predicted molar refractivity (Wildman–Crippen MR) is 38.6 cm³/mol. The van der Waals surface area contributed by atoms with E-state index >= 15 is 0 Å². The lowest BCUT2D eigenvalue weighted by atomic mass is 10.00. The number of allylic oxidation sites excluding steroid dienone is 1. The van der Waals surface area contributed by atoms with Crippen molar-refractivity contribution in [2.75, 3.05) is 0 Å². The van der Waals surface area contributed by atoms with Crippen LogP contribution in [0.4, 0.5) is 0 Å². The third-order valence-electron chi connectivity index (χ3n) is 1.46. The molecule has 0 saturated carbocycles. The first-order valence-corrected chi connectivity index (χ1v) is 3.31. The Balaban J connectivity index is 3.20. The summed E-state index contributed by atoms with van der Waals surface area (Å²) in [5.41, 5.74) is 0. The van der Waals surface area contributed by atoms with E-state index in [-0.39, 0.29) is 0 Å². The van der Waals surface area contributed by atoms with Crippen LogP contribution in [0.25, 0.3) is 0 Å². The zero-order chi connectivity index (χ0) is 6.41. The summed E-state index contributed by atoms with van der Waals surface area (Å²) in [6, 6.07) is 0. The summed E-state index contributed by atoms with van der Waals surface area (Å²) in [5.74, 6) is 0.757. The highest BCUT2D eigenvalue weighted by atomic mass is 14.0. The number of hydrogen-bond acceptors (Lipinski definition) is 0. The van der Waals surface area contributed by atoms with Crippen molar-refractivity contribution in [2.45, 2.75) is 26.7 Å². The lowest BCUT2D eigenvalue weighted by Gasteiger charge is -2.05. The van der Waals surface area contributed by atoms with Gasteiger partial charge in [0.2, 0.25) is 0 Å². The Morgan fingerprint density at radius 1 is 1.38 bits per heavy atom. The fourth-order valence-corrected chi connectivity index (χ4v) is 0.753. The molecule has 0 aliphatic carbocycles. The Morgan fingerprint density at radius 3 is 2.00 bits per heavy atom. The quantitative estimate of drug-likeness (QED) is 0.523. The first-order chi connectivity index (χ1) is 3.85. The van der Waals surface area contributed by atoms with Gasteiger partial charge in [-0.2, -0.15) is 0 Å². The van der Waals surface area contributed by atoms with Crippen LogP contribution in [-0.4, -0.2) is 0 Å². The third-order valence-corrected chi connectivity index (χ3v) is 1.46. The highest BCUT2D eigenvalue weighted by Gasteiger charge is 1.97. The van der Waals surface area contributed by atoms with Crippen molar-refractivity contribution in [3.63, 3.8) is 0 Å². The van der Waals surface area contributed by atoms with E-state index in [1.165, 1.54) is 12.8 Å². The highest BCUT2D eigenvalue weighted by molar-refractivity contribution is 4.90. The molecule has 0 aromatic heterocycles. The fraction of sp³-hybridized carbons (Fsp3) is 0.625. The van der Waals surface area contributed by atoms with E-state index in [4.69, 9.17) is 0 Å². The zero-order valence-corrected chi connectivity index (χ0v) is 5.85. The molecule has 0 aliphatic heterocycles. The van der Waals surface area contributed by atoms with Crippen LogP contribution in [0.3, 0.4) is 0 Å². The van der Waals surface area contributed by atoms with Crippen LogP contribution in [-0.2, 0) is 0 Å². The minimum absolute atomic E-state index is 0.757. The zero-order valence-electron chi connectivity index (χ0n) is 5.85. The first kappa shape index (κ1) is 7.74. The Kier molecular flexibility index (Phi) is 4.73. The molecule has 8 heavy (non-hydrogen) atoms. The van der Waals surface area contributed by atoms with Crippen molar-refractivity contribution in [1.82, 2.24) is 0 Å². The van der Waals surface area contributed by atoms with Crippen LogP contribution in [0.1, 0.15) is 26.7 Å². The molecule has 0 amide bonds. The summed E-state index contributed by atoms with van der Waals surface area (Å²) in [6.07, 6.45) is 6.53.